The molecule has 3 N–H and O–H groups in total. The Hall–Kier alpha value is -1.10. The van der Waals surface area contributed by atoms with E-state index in [0.29, 0.717) is 16.1 Å². The van der Waals surface area contributed by atoms with Crippen molar-refractivity contribution in [2.24, 2.45) is 5.92 Å². The number of rotatable bonds is 2. The number of nitrogen functional groups attached to an aromatic ring is 1. The molecule has 0 aliphatic heterocycles. The number of hydrogen-bond donors (Lipinski definition) is 2. The van der Waals surface area contributed by atoms with Crippen molar-refractivity contribution >= 4 is 22.4 Å². The van der Waals surface area contributed by atoms with Crippen molar-refractivity contribution in [3.05, 3.63) is 10.6 Å². The van der Waals surface area contributed by atoms with Crippen LogP contribution < -0.4 is 11.1 Å². The summed E-state index contributed by atoms with van der Waals surface area (Å²) in [7, 11) is 0. The van der Waals surface area contributed by atoms with Gasteiger partial charge in [0.2, 0.25) is 0 Å². The van der Waals surface area contributed by atoms with E-state index >= 15 is 0 Å². The number of nitrogens with zero attached hydrogens (tertiary/aromatic N) is 1. The van der Waals surface area contributed by atoms with Crippen LogP contribution in [0, 0.1) is 12.8 Å². The zero-order valence-corrected chi connectivity index (χ0v) is 11.8. The van der Waals surface area contributed by atoms with Gasteiger partial charge in [-0.2, -0.15) is 0 Å². The van der Waals surface area contributed by atoms with Crippen LogP contribution in [0.25, 0.3) is 0 Å². The smallest absolute Gasteiger partial charge is 0.263 e. The maximum absolute atomic E-state index is 12.1. The van der Waals surface area contributed by atoms with Gasteiger partial charge in [-0.3, -0.25) is 4.79 Å². The summed E-state index contributed by atoms with van der Waals surface area (Å²) < 4.78 is 0. The molecule has 4 nitrogen and oxygen atoms in total. The Kier molecular flexibility index (Phi) is 4.22. The first-order valence-corrected chi connectivity index (χ1v) is 7.41. The molecule has 1 amide bonds. The van der Waals surface area contributed by atoms with E-state index in [0.717, 1.165) is 24.5 Å². The normalized spacial score (nSPS) is 24.6. The number of anilines is 1. The lowest BCUT2D eigenvalue weighted by Gasteiger charge is -2.15. The number of thiazole rings is 1. The number of hydrogen-bond acceptors (Lipinski definition) is 4. The predicted octanol–water partition coefficient (Wildman–Crippen LogP) is 2.73. The lowest BCUT2D eigenvalue weighted by atomic mass is 10.0. The van der Waals surface area contributed by atoms with E-state index < -0.39 is 0 Å². The zero-order valence-electron chi connectivity index (χ0n) is 11.0. The number of carbonyl (C=O) groups excluding carboxylic acids is 1. The molecule has 1 aromatic heterocycles. The summed E-state index contributed by atoms with van der Waals surface area (Å²) in [6.45, 7) is 4.12. The van der Waals surface area contributed by atoms with Gasteiger partial charge in [-0.1, -0.05) is 31.1 Å². The van der Waals surface area contributed by atoms with Gasteiger partial charge in [-0.15, -0.1) is 0 Å². The minimum atomic E-state index is -0.0127. The third-order valence-electron chi connectivity index (χ3n) is 3.61. The van der Waals surface area contributed by atoms with Crippen molar-refractivity contribution < 1.29 is 4.79 Å². The van der Waals surface area contributed by atoms with Crippen LogP contribution in [0.2, 0.25) is 0 Å². The first-order valence-electron chi connectivity index (χ1n) is 6.60. The van der Waals surface area contributed by atoms with Crippen molar-refractivity contribution in [3.63, 3.8) is 0 Å². The summed E-state index contributed by atoms with van der Waals surface area (Å²) in [6.07, 6.45) is 5.85. The highest BCUT2D eigenvalue weighted by Crippen LogP contribution is 2.24. The van der Waals surface area contributed by atoms with Crippen molar-refractivity contribution in [1.29, 1.82) is 0 Å². The summed E-state index contributed by atoms with van der Waals surface area (Å²) >= 11 is 1.27. The third kappa shape index (κ3) is 3.22. The second-order valence-corrected chi connectivity index (χ2v) is 6.28. The van der Waals surface area contributed by atoms with Crippen molar-refractivity contribution in [1.82, 2.24) is 10.3 Å². The molecule has 0 spiro atoms. The maximum atomic E-state index is 12.1. The molecule has 5 heteroatoms. The molecule has 0 aromatic carbocycles. The van der Waals surface area contributed by atoms with E-state index in [1.54, 1.807) is 0 Å². The first-order chi connectivity index (χ1) is 8.56. The number of carbonyl (C=O) groups is 1. The van der Waals surface area contributed by atoms with E-state index in [-0.39, 0.29) is 5.91 Å². The zero-order chi connectivity index (χ0) is 13.1. The summed E-state index contributed by atoms with van der Waals surface area (Å²) in [5.41, 5.74) is 6.35. The molecule has 0 radical (unpaired) electrons. The van der Waals surface area contributed by atoms with Gasteiger partial charge in [0.25, 0.3) is 5.91 Å². The molecule has 1 aliphatic carbocycles. The van der Waals surface area contributed by atoms with Crippen LogP contribution in [0.5, 0.6) is 0 Å². The average molecular weight is 267 g/mol. The van der Waals surface area contributed by atoms with Gasteiger partial charge < -0.3 is 11.1 Å². The standard InChI is InChI=1S/C13H21N3OS/c1-8-4-3-5-10(7-6-8)16-12(17)11-9(2)15-13(14)18-11/h8,10H,3-7H2,1-2H3,(H2,14,15)(H,16,17). The van der Waals surface area contributed by atoms with Gasteiger partial charge in [-0.05, 0) is 32.1 Å². The minimum absolute atomic E-state index is 0.0127. The Bertz CT molecular complexity index is 430. The van der Waals surface area contributed by atoms with Gasteiger partial charge in [0.05, 0.1) is 5.69 Å². The van der Waals surface area contributed by atoms with Crippen molar-refractivity contribution in [2.45, 2.75) is 52.0 Å². The Labute approximate surface area is 112 Å². The van der Waals surface area contributed by atoms with Crippen molar-refractivity contribution in [2.75, 3.05) is 5.73 Å². The van der Waals surface area contributed by atoms with Gasteiger partial charge in [0.1, 0.15) is 4.88 Å². The number of aryl methyl sites for hydroxylation is 1. The summed E-state index contributed by atoms with van der Waals surface area (Å²) in [5.74, 6) is 0.772. The highest BCUT2D eigenvalue weighted by atomic mass is 32.1. The van der Waals surface area contributed by atoms with Crippen LogP contribution in [0.1, 0.15) is 54.4 Å². The highest BCUT2D eigenvalue weighted by Gasteiger charge is 2.20. The lowest BCUT2D eigenvalue weighted by molar-refractivity contribution is 0.0936. The molecule has 2 unspecified atom stereocenters. The number of amides is 1. The molecular formula is C13H21N3OS. The maximum Gasteiger partial charge on any atom is 0.263 e. The SMILES string of the molecule is Cc1nc(N)sc1C(=O)NC1CCCC(C)CC1. The second kappa shape index (κ2) is 5.69. The minimum Gasteiger partial charge on any atom is -0.375 e. The highest BCUT2D eigenvalue weighted by molar-refractivity contribution is 7.17. The van der Waals surface area contributed by atoms with E-state index in [2.05, 4.69) is 17.2 Å². The molecule has 1 saturated carbocycles. The summed E-state index contributed by atoms with van der Waals surface area (Å²) in [6, 6.07) is 0.310. The molecule has 2 atom stereocenters. The van der Waals surface area contributed by atoms with Crippen LogP contribution in [-0.4, -0.2) is 16.9 Å². The lowest BCUT2D eigenvalue weighted by Crippen LogP contribution is -2.34. The quantitative estimate of drug-likeness (QED) is 0.810. The first kappa shape index (κ1) is 13.3. The number of aromatic nitrogens is 1. The Balaban J connectivity index is 1.96. The van der Waals surface area contributed by atoms with Gasteiger partial charge in [-0.25, -0.2) is 4.98 Å². The van der Waals surface area contributed by atoms with E-state index in [1.165, 1.54) is 30.6 Å². The molecular weight excluding hydrogens is 246 g/mol. The predicted molar refractivity (Wildman–Crippen MR) is 74.8 cm³/mol. The van der Waals surface area contributed by atoms with Crippen LogP contribution in [0.15, 0.2) is 0 Å². The van der Waals surface area contributed by atoms with Gasteiger partial charge in [0, 0.05) is 6.04 Å². The molecule has 0 bridgehead atoms. The summed E-state index contributed by atoms with van der Waals surface area (Å²) in [4.78, 5) is 16.9. The Morgan fingerprint density at radius 1 is 1.39 bits per heavy atom. The molecule has 1 aliphatic rings. The van der Waals surface area contributed by atoms with Crippen LogP contribution in [0.3, 0.4) is 0 Å². The molecule has 1 heterocycles. The van der Waals surface area contributed by atoms with Crippen LogP contribution in [-0.2, 0) is 0 Å². The fraction of sp³-hybridized carbons (Fsp3) is 0.692. The number of nitrogens with one attached hydrogen (secondary N) is 1. The summed E-state index contributed by atoms with van der Waals surface area (Å²) in [5, 5.41) is 3.59. The second-order valence-electron chi connectivity index (χ2n) is 5.25. The molecule has 1 aromatic rings. The molecule has 0 saturated heterocycles. The van der Waals surface area contributed by atoms with E-state index in [4.69, 9.17) is 5.73 Å². The monoisotopic (exact) mass is 267 g/mol. The van der Waals surface area contributed by atoms with Crippen LogP contribution >= 0.6 is 11.3 Å². The van der Waals surface area contributed by atoms with Gasteiger partial charge in [0.15, 0.2) is 5.13 Å². The number of nitrogens with two attached hydrogens (primary N) is 1. The third-order valence-corrected chi connectivity index (χ3v) is 4.60. The topological polar surface area (TPSA) is 68.0 Å². The molecule has 100 valence electrons. The van der Waals surface area contributed by atoms with E-state index in [9.17, 15) is 4.79 Å². The van der Waals surface area contributed by atoms with Crippen LogP contribution in [0.4, 0.5) is 5.13 Å². The molecule has 2 rings (SSSR count). The van der Waals surface area contributed by atoms with Gasteiger partial charge >= 0.3 is 0 Å². The van der Waals surface area contributed by atoms with Crippen molar-refractivity contribution in [3.8, 4) is 0 Å². The molecule has 18 heavy (non-hydrogen) atoms. The largest absolute Gasteiger partial charge is 0.375 e. The van der Waals surface area contributed by atoms with E-state index in [1.807, 2.05) is 6.92 Å². The average Bonchev–Trinajstić information content (AvgIpc) is 2.51. The fourth-order valence-electron chi connectivity index (χ4n) is 2.51. The fourth-order valence-corrected chi connectivity index (χ4v) is 3.25. The Morgan fingerprint density at radius 3 is 2.83 bits per heavy atom. The Morgan fingerprint density at radius 2 is 2.17 bits per heavy atom. The molecule has 1 fully saturated rings.